The minimum Gasteiger partial charge on any atom is -0.379 e. The molecule has 1 aromatic carbocycles. The first-order valence-electron chi connectivity index (χ1n) is 12.5. The van der Waals surface area contributed by atoms with Crippen molar-refractivity contribution in [3.05, 3.63) is 57.8 Å². The van der Waals surface area contributed by atoms with Crippen LogP contribution < -0.4 is 5.32 Å². The van der Waals surface area contributed by atoms with E-state index in [-0.39, 0.29) is 34.4 Å². The molecule has 206 valence electrons. The second kappa shape index (κ2) is 12.0. The van der Waals surface area contributed by atoms with Crippen LogP contribution in [-0.2, 0) is 16.1 Å². The molecule has 0 spiro atoms. The Morgan fingerprint density at radius 2 is 1.97 bits per heavy atom. The number of fused-ring (bicyclic) bond motifs is 1. The number of aromatic nitrogens is 2. The molecular weight excluding hydrogens is 526 g/mol. The Morgan fingerprint density at radius 3 is 2.64 bits per heavy atom. The second-order valence-corrected chi connectivity index (χ2v) is 10.8. The van der Waals surface area contributed by atoms with Gasteiger partial charge in [0, 0.05) is 38.8 Å². The Hall–Kier alpha value is -3.66. The predicted molar refractivity (Wildman–Crippen MR) is 145 cm³/mol. The molecule has 1 aliphatic heterocycles. The summed E-state index contributed by atoms with van der Waals surface area (Å²) in [4.78, 5) is 34.1. The van der Waals surface area contributed by atoms with Gasteiger partial charge in [-0.25, -0.2) is 13.8 Å². The first-order valence-corrected chi connectivity index (χ1v) is 13.3. The average molecular weight is 557 g/mol. The van der Waals surface area contributed by atoms with Crippen LogP contribution in [0.2, 0.25) is 0 Å². The number of carbonyl (C=O) groups excluding carboxylic acids is 2. The lowest BCUT2D eigenvalue weighted by molar-refractivity contribution is -0.125. The number of rotatable bonds is 9. The number of benzene rings is 1. The fraction of sp³-hybridized carbons (Fsp3) is 0.407. The van der Waals surface area contributed by atoms with Crippen LogP contribution in [0.5, 0.6) is 0 Å². The minimum absolute atomic E-state index is 0.0468. The summed E-state index contributed by atoms with van der Waals surface area (Å²) < 4.78 is 33.1. The number of nitrogens with one attached hydrogen (secondary N) is 1. The number of nitriles is 1. The van der Waals surface area contributed by atoms with Crippen LogP contribution in [0.25, 0.3) is 11.0 Å². The van der Waals surface area contributed by atoms with Gasteiger partial charge in [0.2, 0.25) is 5.95 Å². The second-order valence-electron chi connectivity index (χ2n) is 9.68. The van der Waals surface area contributed by atoms with Crippen LogP contribution in [0.15, 0.2) is 48.0 Å². The van der Waals surface area contributed by atoms with Crippen LogP contribution in [0.1, 0.15) is 34.8 Å². The van der Waals surface area contributed by atoms with Crippen LogP contribution >= 0.6 is 11.3 Å². The molecule has 9 nitrogen and oxygen atoms in total. The number of nitrogens with zero attached hydrogens (tertiary/aromatic N) is 5. The van der Waals surface area contributed by atoms with Gasteiger partial charge in [0.1, 0.15) is 11.6 Å². The zero-order valence-electron chi connectivity index (χ0n) is 22.0. The van der Waals surface area contributed by atoms with Crippen LogP contribution in [-0.4, -0.2) is 76.6 Å². The van der Waals surface area contributed by atoms with E-state index in [0.717, 1.165) is 16.9 Å². The van der Waals surface area contributed by atoms with E-state index in [1.807, 2.05) is 38.1 Å². The van der Waals surface area contributed by atoms with Gasteiger partial charge in [0.25, 0.3) is 18.2 Å². The summed E-state index contributed by atoms with van der Waals surface area (Å²) in [6.45, 7) is 7.06. The Labute approximate surface area is 229 Å². The highest BCUT2D eigenvalue weighted by atomic mass is 32.1. The molecule has 3 aromatic rings. The number of ether oxygens (including phenoxy) is 1. The molecule has 2 amide bonds. The van der Waals surface area contributed by atoms with Crippen molar-refractivity contribution in [3.63, 3.8) is 0 Å². The van der Waals surface area contributed by atoms with Gasteiger partial charge in [-0.15, -0.1) is 11.3 Å². The van der Waals surface area contributed by atoms with Crippen molar-refractivity contribution in [1.29, 1.82) is 5.26 Å². The molecule has 12 heteroatoms. The molecule has 1 N–H and O–H groups in total. The smallest absolute Gasteiger partial charge is 0.272 e. The number of alkyl halides is 2. The zero-order valence-corrected chi connectivity index (χ0v) is 22.8. The van der Waals surface area contributed by atoms with E-state index in [0.29, 0.717) is 31.8 Å². The number of carbonyl (C=O) groups is 2. The number of hydrogen-bond donors (Lipinski definition) is 1. The van der Waals surface area contributed by atoms with Gasteiger partial charge in [0.05, 0.1) is 34.0 Å². The molecular formula is C27H30F2N6O3S. The number of halogens is 2. The number of anilines is 1. The number of morpholine rings is 1. The lowest BCUT2D eigenvalue weighted by atomic mass is 9.98. The van der Waals surface area contributed by atoms with Crippen molar-refractivity contribution in [1.82, 2.24) is 19.4 Å². The molecule has 2 aromatic heterocycles. The van der Waals surface area contributed by atoms with Crippen LogP contribution in [0, 0.1) is 11.3 Å². The average Bonchev–Trinajstić information content (AvgIpc) is 3.56. The maximum Gasteiger partial charge on any atom is 0.272 e. The molecule has 0 unspecified atom stereocenters. The van der Waals surface area contributed by atoms with Crippen molar-refractivity contribution in [2.45, 2.75) is 32.4 Å². The number of thiophene rings is 1. The maximum absolute atomic E-state index is 13.2. The molecule has 1 saturated heterocycles. The summed E-state index contributed by atoms with van der Waals surface area (Å²) in [6, 6.07) is 11.9. The lowest BCUT2D eigenvalue weighted by Gasteiger charge is -2.39. The summed E-state index contributed by atoms with van der Waals surface area (Å²) in [5.41, 5.74) is 0.907. The van der Waals surface area contributed by atoms with E-state index >= 15 is 0 Å². The molecule has 0 saturated carbocycles. The highest BCUT2D eigenvalue weighted by molar-refractivity contribution is 7.14. The Kier molecular flexibility index (Phi) is 8.74. The van der Waals surface area contributed by atoms with Gasteiger partial charge < -0.3 is 14.2 Å². The summed E-state index contributed by atoms with van der Waals surface area (Å²) in [5, 5.41) is 12.5. The topological polar surface area (TPSA) is 103 Å². The molecule has 0 aliphatic carbocycles. The first-order chi connectivity index (χ1) is 18.6. The third-order valence-electron chi connectivity index (χ3n) is 6.63. The van der Waals surface area contributed by atoms with Gasteiger partial charge in [-0.05, 0) is 44.2 Å². The van der Waals surface area contributed by atoms with E-state index in [4.69, 9.17) is 4.74 Å². The molecule has 0 radical (unpaired) electrons. The van der Waals surface area contributed by atoms with E-state index < -0.39 is 23.8 Å². The number of hydrogen-bond acceptors (Lipinski definition) is 7. The third-order valence-corrected chi connectivity index (χ3v) is 7.72. The molecule has 0 bridgehead atoms. The van der Waals surface area contributed by atoms with Crippen LogP contribution in [0.3, 0.4) is 0 Å². The van der Waals surface area contributed by atoms with Crippen molar-refractivity contribution in [3.8, 4) is 6.07 Å². The van der Waals surface area contributed by atoms with E-state index in [1.54, 1.807) is 23.8 Å². The normalized spacial score (nSPS) is 14.9. The largest absolute Gasteiger partial charge is 0.379 e. The van der Waals surface area contributed by atoms with Gasteiger partial charge in [-0.2, -0.15) is 5.26 Å². The number of amides is 2. The van der Waals surface area contributed by atoms with Crippen molar-refractivity contribution < 1.29 is 23.1 Å². The Balaban J connectivity index is 1.50. The fourth-order valence-electron chi connectivity index (χ4n) is 4.44. The molecule has 4 rings (SSSR count). The SMILES string of the molecule is CN(CCn1c(NC(=O)c2ccc(C(F)F)s2)nc2ccccc21)C(=O)C(C#N)=CC(C)(C)N1CCOCC1. The highest BCUT2D eigenvalue weighted by Gasteiger charge is 2.29. The van der Waals surface area contributed by atoms with Gasteiger partial charge in [-0.1, -0.05) is 12.1 Å². The molecule has 1 fully saturated rings. The number of para-hydroxylation sites is 2. The van der Waals surface area contributed by atoms with Gasteiger partial charge >= 0.3 is 0 Å². The standard InChI is InChI=1S/C27H30F2N6O3S/c1-27(2,34-12-14-38-15-13-34)16-18(17-30)25(37)33(3)10-11-35-20-7-5-4-6-19(20)31-26(35)32-24(36)22-9-8-21(39-22)23(28)29/h4-9,16,23H,10-15H2,1-3H3,(H,31,32,36). The molecule has 3 heterocycles. The summed E-state index contributed by atoms with van der Waals surface area (Å²) in [6.07, 6.45) is -0.953. The molecule has 0 atom stereocenters. The predicted octanol–water partition coefficient (Wildman–Crippen LogP) is 4.31. The summed E-state index contributed by atoms with van der Waals surface area (Å²) in [5.74, 6) is -0.724. The van der Waals surface area contributed by atoms with Gasteiger partial charge in [-0.3, -0.25) is 19.8 Å². The molecule has 1 aliphatic rings. The number of likely N-dealkylation sites (N-methyl/N-ethyl adjacent to an activating group) is 1. The minimum atomic E-state index is -2.65. The lowest BCUT2D eigenvalue weighted by Crippen LogP contribution is -2.49. The zero-order chi connectivity index (χ0) is 28.2. The van der Waals surface area contributed by atoms with E-state index in [2.05, 4.69) is 15.2 Å². The van der Waals surface area contributed by atoms with Crippen LogP contribution in [0.4, 0.5) is 14.7 Å². The summed E-state index contributed by atoms with van der Waals surface area (Å²) >= 11 is 0.724. The number of imidazole rings is 1. The van der Waals surface area contributed by atoms with E-state index in [1.165, 1.54) is 17.0 Å². The first kappa shape index (κ1) is 28.4. The monoisotopic (exact) mass is 556 g/mol. The van der Waals surface area contributed by atoms with Crippen molar-refractivity contribution in [2.24, 2.45) is 0 Å². The Morgan fingerprint density at radius 1 is 1.26 bits per heavy atom. The van der Waals surface area contributed by atoms with Crippen molar-refractivity contribution in [2.75, 3.05) is 45.2 Å². The Bertz CT molecular complexity index is 1420. The quantitative estimate of drug-likeness (QED) is 0.311. The summed E-state index contributed by atoms with van der Waals surface area (Å²) in [7, 11) is 1.62. The third kappa shape index (κ3) is 6.50. The van der Waals surface area contributed by atoms with E-state index in [9.17, 15) is 23.6 Å². The van der Waals surface area contributed by atoms with Crippen molar-refractivity contribution >= 4 is 40.1 Å². The highest BCUT2D eigenvalue weighted by Crippen LogP contribution is 2.28. The maximum atomic E-state index is 13.2. The van der Waals surface area contributed by atoms with Gasteiger partial charge in [0.15, 0.2) is 0 Å². The fourth-order valence-corrected chi connectivity index (χ4v) is 5.19. The molecule has 39 heavy (non-hydrogen) atoms.